The van der Waals surface area contributed by atoms with Crippen LogP contribution in [0.3, 0.4) is 0 Å². The van der Waals surface area contributed by atoms with Gasteiger partial charge in [0.1, 0.15) is 18.4 Å². The third-order valence-corrected chi connectivity index (χ3v) is 6.87. The van der Waals surface area contributed by atoms with Crippen LogP contribution in [0.2, 0.25) is 0 Å². The molecule has 31 heavy (non-hydrogen) atoms. The summed E-state index contributed by atoms with van der Waals surface area (Å²) in [5.74, 6) is 0.717. The van der Waals surface area contributed by atoms with Crippen molar-refractivity contribution in [2.24, 2.45) is 5.92 Å². The molecule has 1 N–H and O–H groups in total. The van der Waals surface area contributed by atoms with Gasteiger partial charge in [-0.25, -0.2) is 4.57 Å². The molecule has 174 valence electrons. The molecule has 2 rings (SSSR count). The number of hydrogen-bond acceptors (Lipinski definition) is 0. The zero-order valence-electron chi connectivity index (χ0n) is 20.5. The SMILES string of the molecule is CCCCCCCCCCCC(C(CCCCCC)Cc1ccccc1)[n+]1cc[nH]c1. The van der Waals surface area contributed by atoms with Gasteiger partial charge in [0, 0.05) is 5.92 Å². The van der Waals surface area contributed by atoms with Gasteiger partial charge in [-0.3, -0.25) is 4.98 Å². The molecule has 2 atom stereocenters. The maximum absolute atomic E-state index is 3.30. The zero-order valence-corrected chi connectivity index (χ0v) is 20.5. The van der Waals surface area contributed by atoms with Gasteiger partial charge in [0.25, 0.3) is 0 Å². The number of nitrogens with one attached hydrogen (secondary N) is 1. The molecule has 0 amide bonds. The van der Waals surface area contributed by atoms with Crippen LogP contribution < -0.4 is 4.57 Å². The second-order valence-electron chi connectivity index (χ2n) is 9.54. The van der Waals surface area contributed by atoms with E-state index in [-0.39, 0.29) is 0 Å². The first-order chi connectivity index (χ1) is 15.3. The molecule has 1 aromatic carbocycles. The van der Waals surface area contributed by atoms with Crippen LogP contribution in [-0.4, -0.2) is 4.98 Å². The molecule has 0 saturated heterocycles. The average Bonchev–Trinajstić information content (AvgIpc) is 3.33. The normalized spacial score (nSPS) is 13.4. The van der Waals surface area contributed by atoms with E-state index in [1.165, 1.54) is 108 Å². The molecule has 2 aromatic rings. The molecule has 0 aliphatic carbocycles. The van der Waals surface area contributed by atoms with Crippen LogP contribution in [0.4, 0.5) is 0 Å². The first-order valence-corrected chi connectivity index (χ1v) is 13.4. The van der Waals surface area contributed by atoms with Crippen LogP contribution in [0.25, 0.3) is 0 Å². The summed E-state index contributed by atoms with van der Waals surface area (Å²) in [7, 11) is 0. The molecule has 0 aliphatic rings. The summed E-state index contributed by atoms with van der Waals surface area (Å²) >= 11 is 0. The summed E-state index contributed by atoms with van der Waals surface area (Å²) in [6.07, 6.45) is 28.5. The van der Waals surface area contributed by atoms with Crippen LogP contribution >= 0.6 is 0 Å². The highest BCUT2D eigenvalue weighted by Crippen LogP contribution is 2.29. The van der Waals surface area contributed by atoms with E-state index < -0.39 is 0 Å². The Morgan fingerprint density at radius 1 is 0.710 bits per heavy atom. The lowest BCUT2D eigenvalue weighted by molar-refractivity contribution is -0.730. The minimum atomic E-state index is 0.609. The smallest absolute Gasteiger partial charge is 0.241 e. The summed E-state index contributed by atoms with van der Waals surface area (Å²) in [4.78, 5) is 3.30. The van der Waals surface area contributed by atoms with E-state index in [1.807, 2.05) is 0 Å². The monoisotopic (exact) mass is 425 g/mol. The van der Waals surface area contributed by atoms with Crippen molar-refractivity contribution in [3.8, 4) is 0 Å². The molecule has 0 bridgehead atoms. The van der Waals surface area contributed by atoms with Crippen molar-refractivity contribution in [1.82, 2.24) is 4.98 Å². The van der Waals surface area contributed by atoms with E-state index in [0.717, 1.165) is 0 Å². The van der Waals surface area contributed by atoms with Crippen molar-refractivity contribution >= 4 is 0 Å². The molecule has 2 nitrogen and oxygen atoms in total. The molecule has 0 radical (unpaired) electrons. The number of aromatic nitrogens is 2. The molecule has 2 unspecified atom stereocenters. The fourth-order valence-corrected chi connectivity index (χ4v) is 4.98. The predicted octanol–water partition coefficient (Wildman–Crippen LogP) is 8.59. The Morgan fingerprint density at radius 2 is 1.29 bits per heavy atom. The molecular formula is C29H49N2+. The summed E-state index contributed by atoms with van der Waals surface area (Å²) in [5, 5.41) is 0. The Morgan fingerprint density at radius 3 is 1.90 bits per heavy atom. The lowest BCUT2D eigenvalue weighted by Crippen LogP contribution is -2.42. The summed E-state index contributed by atoms with van der Waals surface area (Å²) in [6, 6.07) is 11.8. The molecular weight excluding hydrogens is 376 g/mol. The van der Waals surface area contributed by atoms with Crippen LogP contribution in [0.15, 0.2) is 49.1 Å². The van der Waals surface area contributed by atoms with E-state index in [1.54, 1.807) is 0 Å². The highest BCUT2D eigenvalue weighted by molar-refractivity contribution is 5.15. The van der Waals surface area contributed by atoms with Gasteiger partial charge in [0.2, 0.25) is 6.33 Å². The quantitative estimate of drug-likeness (QED) is 0.172. The number of aromatic amines is 1. The molecule has 1 heterocycles. The lowest BCUT2D eigenvalue weighted by atomic mass is 9.84. The molecule has 0 saturated carbocycles. The number of hydrogen-bond donors (Lipinski definition) is 1. The van der Waals surface area contributed by atoms with E-state index in [2.05, 4.69) is 72.5 Å². The van der Waals surface area contributed by atoms with Crippen LogP contribution in [-0.2, 0) is 6.42 Å². The molecule has 1 aromatic heterocycles. The van der Waals surface area contributed by atoms with Crippen molar-refractivity contribution in [2.45, 2.75) is 123 Å². The minimum Gasteiger partial charge on any atom is -0.250 e. The molecule has 0 aliphatic heterocycles. The summed E-state index contributed by atoms with van der Waals surface area (Å²) < 4.78 is 2.47. The van der Waals surface area contributed by atoms with Gasteiger partial charge in [-0.15, -0.1) is 0 Å². The highest BCUT2D eigenvalue weighted by Gasteiger charge is 2.26. The summed E-state index contributed by atoms with van der Waals surface area (Å²) in [6.45, 7) is 4.61. The first-order valence-electron chi connectivity index (χ1n) is 13.4. The van der Waals surface area contributed by atoms with Crippen LogP contribution in [0.5, 0.6) is 0 Å². The Kier molecular flexibility index (Phi) is 14.1. The van der Waals surface area contributed by atoms with Gasteiger partial charge in [-0.05, 0) is 31.2 Å². The van der Waals surface area contributed by atoms with E-state index in [9.17, 15) is 0 Å². The van der Waals surface area contributed by atoms with Crippen LogP contribution in [0, 0.1) is 5.92 Å². The summed E-state index contributed by atoms with van der Waals surface area (Å²) in [5.41, 5.74) is 1.50. The second kappa shape index (κ2) is 17.0. The topological polar surface area (TPSA) is 19.7 Å². The average molecular weight is 426 g/mol. The van der Waals surface area contributed by atoms with Crippen molar-refractivity contribution in [1.29, 1.82) is 0 Å². The van der Waals surface area contributed by atoms with Gasteiger partial charge in [-0.2, -0.15) is 0 Å². The number of imidazole rings is 1. The number of H-pyrrole nitrogens is 1. The van der Waals surface area contributed by atoms with Crippen molar-refractivity contribution in [2.75, 3.05) is 0 Å². The molecule has 0 spiro atoms. The third kappa shape index (κ3) is 11.0. The zero-order chi connectivity index (χ0) is 22.0. The number of rotatable bonds is 19. The Hall–Kier alpha value is -1.57. The van der Waals surface area contributed by atoms with Crippen LogP contribution in [0.1, 0.15) is 122 Å². The first kappa shape index (κ1) is 25.7. The Labute approximate surface area is 192 Å². The maximum Gasteiger partial charge on any atom is 0.241 e. The molecule has 0 fully saturated rings. The van der Waals surface area contributed by atoms with Gasteiger partial charge in [0.15, 0.2) is 0 Å². The van der Waals surface area contributed by atoms with Crippen molar-refractivity contribution in [3.05, 3.63) is 54.6 Å². The van der Waals surface area contributed by atoms with Gasteiger partial charge < -0.3 is 0 Å². The number of unbranched alkanes of at least 4 members (excludes halogenated alkanes) is 11. The number of benzene rings is 1. The van der Waals surface area contributed by atoms with Gasteiger partial charge >= 0.3 is 0 Å². The van der Waals surface area contributed by atoms with E-state index in [4.69, 9.17) is 0 Å². The van der Waals surface area contributed by atoms with Crippen molar-refractivity contribution in [3.63, 3.8) is 0 Å². The fraction of sp³-hybridized carbons (Fsp3) is 0.690. The Balaban J connectivity index is 1.88. The van der Waals surface area contributed by atoms with E-state index >= 15 is 0 Å². The largest absolute Gasteiger partial charge is 0.250 e. The van der Waals surface area contributed by atoms with Crippen molar-refractivity contribution < 1.29 is 4.57 Å². The standard InChI is InChI=1S/C29H48N2/c1-3-5-7-9-10-11-12-13-18-22-29(31-24-23-30-26-31)28(21-17-8-6-4-2)25-27-19-15-14-16-20-27/h14-16,19-20,23-24,26,28-29H,3-13,17-18,21-22,25H2,1-2H3/p+1. The fourth-order valence-electron chi connectivity index (χ4n) is 4.98. The second-order valence-corrected chi connectivity index (χ2v) is 9.54. The highest BCUT2D eigenvalue weighted by atomic mass is 15.1. The third-order valence-electron chi connectivity index (χ3n) is 6.87. The van der Waals surface area contributed by atoms with Gasteiger partial charge in [0.05, 0.1) is 0 Å². The lowest BCUT2D eigenvalue weighted by Gasteiger charge is -2.25. The maximum atomic E-state index is 3.30. The van der Waals surface area contributed by atoms with E-state index in [0.29, 0.717) is 12.0 Å². The van der Waals surface area contributed by atoms with Gasteiger partial charge in [-0.1, -0.05) is 121 Å². The Bertz CT molecular complexity index is 619. The minimum absolute atomic E-state index is 0.609. The predicted molar refractivity (Wildman–Crippen MR) is 134 cm³/mol. The number of nitrogens with zero attached hydrogens (tertiary/aromatic N) is 1. The molecule has 2 heteroatoms.